The number of nitrogens with zero attached hydrogens (tertiary/aromatic N) is 1. The average Bonchev–Trinajstić information content (AvgIpc) is 2.11. The number of nitrogens with one attached hydrogen (secondary N) is 1. The van der Waals surface area contributed by atoms with Crippen molar-refractivity contribution in [1.29, 1.82) is 0 Å². The summed E-state index contributed by atoms with van der Waals surface area (Å²) >= 11 is 0. The van der Waals surface area contributed by atoms with E-state index in [-0.39, 0.29) is 11.8 Å². The molecule has 0 aliphatic carbocycles. The van der Waals surface area contributed by atoms with E-state index in [0.29, 0.717) is 12.6 Å². The number of nitrogens with two attached hydrogens (primary N) is 1. The molecule has 0 aliphatic rings. The Bertz CT molecular complexity index is 180. The van der Waals surface area contributed by atoms with Crippen LogP contribution in [0, 0.1) is 5.92 Å². The highest BCUT2D eigenvalue weighted by Crippen LogP contribution is 1.98. The van der Waals surface area contributed by atoms with E-state index in [1.54, 1.807) is 0 Å². The van der Waals surface area contributed by atoms with Crippen molar-refractivity contribution in [3.8, 4) is 0 Å². The number of rotatable bonds is 5. The first kappa shape index (κ1) is 13.4. The molecule has 2 atom stereocenters. The third-order valence-electron chi connectivity index (χ3n) is 2.47. The Morgan fingerprint density at radius 1 is 1.36 bits per heavy atom. The summed E-state index contributed by atoms with van der Waals surface area (Å²) in [5.74, 6) is 0.123. The molecule has 0 saturated carbocycles. The van der Waals surface area contributed by atoms with Crippen LogP contribution < -0.4 is 11.1 Å². The zero-order valence-electron chi connectivity index (χ0n) is 9.87. The van der Waals surface area contributed by atoms with Crippen LogP contribution in [0.3, 0.4) is 0 Å². The van der Waals surface area contributed by atoms with E-state index in [1.165, 1.54) is 0 Å². The van der Waals surface area contributed by atoms with Crippen LogP contribution in [-0.4, -0.2) is 43.5 Å². The van der Waals surface area contributed by atoms with Crippen molar-refractivity contribution in [3.63, 3.8) is 0 Å². The molecule has 0 rings (SSSR count). The molecule has 0 spiro atoms. The Balaban J connectivity index is 3.85. The van der Waals surface area contributed by atoms with Gasteiger partial charge in [0.05, 0.1) is 6.04 Å². The lowest BCUT2D eigenvalue weighted by Crippen LogP contribution is -2.47. The fourth-order valence-corrected chi connectivity index (χ4v) is 0.851. The Hall–Kier alpha value is -0.610. The van der Waals surface area contributed by atoms with E-state index in [9.17, 15) is 4.79 Å². The maximum atomic E-state index is 11.5. The first-order chi connectivity index (χ1) is 6.36. The minimum Gasteiger partial charge on any atom is -0.353 e. The summed E-state index contributed by atoms with van der Waals surface area (Å²) in [6.45, 7) is 6.59. The van der Waals surface area contributed by atoms with Crippen molar-refractivity contribution >= 4 is 5.91 Å². The summed E-state index contributed by atoms with van der Waals surface area (Å²) in [4.78, 5) is 13.5. The highest BCUT2D eigenvalue weighted by molar-refractivity contribution is 5.81. The average molecular weight is 201 g/mol. The summed E-state index contributed by atoms with van der Waals surface area (Å²) in [6.07, 6.45) is 0. The van der Waals surface area contributed by atoms with Gasteiger partial charge in [-0.2, -0.15) is 0 Å². The third-order valence-corrected chi connectivity index (χ3v) is 2.47. The molecule has 1 unspecified atom stereocenters. The smallest absolute Gasteiger partial charge is 0.237 e. The predicted octanol–water partition coefficient (Wildman–Crippen LogP) is 0.0360. The van der Waals surface area contributed by atoms with Gasteiger partial charge in [-0.25, -0.2) is 0 Å². The monoisotopic (exact) mass is 201 g/mol. The van der Waals surface area contributed by atoms with Crippen LogP contribution in [-0.2, 0) is 4.79 Å². The number of amides is 1. The van der Waals surface area contributed by atoms with Gasteiger partial charge in [0, 0.05) is 12.6 Å². The molecule has 0 fully saturated rings. The van der Waals surface area contributed by atoms with Crippen molar-refractivity contribution in [2.24, 2.45) is 11.7 Å². The van der Waals surface area contributed by atoms with Crippen molar-refractivity contribution < 1.29 is 4.79 Å². The number of likely N-dealkylation sites (N-methyl/N-ethyl adjacent to an activating group) is 1. The molecule has 0 radical (unpaired) electrons. The van der Waals surface area contributed by atoms with Gasteiger partial charge in [0.1, 0.15) is 0 Å². The Kier molecular flexibility index (Phi) is 5.72. The highest BCUT2D eigenvalue weighted by Gasteiger charge is 2.17. The maximum Gasteiger partial charge on any atom is 0.237 e. The molecule has 14 heavy (non-hydrogen) atoms. The minimum atomic E-state index is -0.399. The van der Waals surface area contributed by atoms with Gasteiger partial charge in [0.15, 0.2) is 0 Å². The van der Waals surface area contributed by atoms with Crippen molar-refractivity contribution in [1.82, 2.24) is 10.2 Å². The van der Waals surface area contributed by atoms with E-state index < -0.39 is 6.04 Å². The largest absolute Gasteiger partial charge is 0.353 e. The Morgan fingerprint density at radius 3 is 2.21 bits per heavy atom. The van der Waals surface area contributed by atoms with Crippen molar-refractivity contribution in [2.45, 2.75) is 32.9 Å². The lowest BCUT2D eigenvalue weighted by molar-refractivity contribution is -0.123. The normalized spacial score (nSPS) is 15.7. The van der Waals surface area contributed by atoms with Crippen LogP contribution in [0.2, 0.25) is 0 Å². The fraction of sp³-hybridized carbons (Fsp3) is 0.900. The zero-order valence-corrected chi connectivity index (χ0v) is 9.87. The van der Waals surface area contributed by atoms with Gasteiger partial charge < -0.3 is 16.0 Å². The van der Waals surface area contributed by atoms with Crippen LogP contribution in [0.5, 0.6) is 0 Å². The van der Waals surface area contributed by atoms with Gasteiger partial charge >= 0.3 is 0 Å². The molecular formula is C10H23N3O. The standard InChI is InChI=1S/C10H23N3O/c1-7(2)9(11)10(14)12-6-8(3)13(4)5/h7-9H,6,11H2,1-5H3,(H,12,14)/t8?,9-/m0/s1. The van der Waals surface area contributed by atoms with E-state index in [4.69, 9.17) is 5.73 Å². The SMILES string of the molecule is CC(C)[C@H](N)C(=O)NCC(C)N(C)C. The van der Waals surface area contributed by atoms with Crippen LogP contribution in [0.1, 0.15) is 20.8 Å². The molecule has 4 heteroatoms. The first-order valence-electron chi connectivity index (χ1n) is 5.06. The van der Waals surface area contributed by atoms with Gasteiger partial charge in [-0.1, -0.05) is 13.8 Å². The lowest BCUT2D eigenvalue weighted by Gasteiger charge is -2.22. The molecule has 0 aromatic carbocycles. The lowest BCUT2D eigenvalue weighted by atomic mass is 10.1. The molecule has 84 valence electrons. The molecule has 0 saturated heterocycles. The number of hydrogen-bond acceptors (Lipinski definition) is 3. The van der Waals surface area contributed by atoms with Crippen LogP contribution in [0.15, 0.2) is 0 Å². The summed E-state index contributed by atoms with van der Waals surface area (Å²) in [5, 5.41) is 2.84. The molecular weight excluding hydrogens is 178 g/mol. The number of hydrogen-bond donors (Lipinski definition) is 2. The summed E-state index contributed by atoms with van der Waals surface area (Å²) in [5.41, 5.74) is 5.70. The maximum absolute atomic E-state index is 11.5. The first-order valence-corrected chi connectivity index (χ1v) is 5.06. The summed E-state index contributed by atoms with van der Waals surface area (Å²) < 4.78 is 0. The molecule has 0 aromatic rings. The molecule has 0 aromatic heterocycles. The van der Waals surface area contributed by atoms with Gasteiger partial charge in [-0.15, -0.1) is 0 Å². The molecule has 3 N–H and O–H groups in total. The van der Waals surface area contributed by atoms with Crippen LogP contribution in [0.25, 0.3) is 0 Å². The second kappa shape index (κ2) is 5.98. The zero-order chi connectivity index (χ0) is 11.3. The van der Waals surface area contributed by atoms with Crippen molar-refractivity contribution in [3.05, 3.63) is 0 Å². The highest BCUT2D eigenvalue weighted by atomic mass is 16.2. The minimum absolute atomic E-state index is 0.0614. The topological polar surface area (TPSA) is 58.4 Å². The van der Waals surface area contributed by atoms with Crippen LogP contribution in [0.4, 0.5) is 0 Å². The number of carbonyl (C=O) groups is 1. The third kappa shape index (κ3) is 4.58. The van der Waals surface area contributed by atoms with Gasteiger partial charge in [-0.3, -0.25) is 4.79 Å². The molecule has 0 bridgehead atoms. The molecule has 0 aliphatic heterocycles. The second-order valence-corrected chi connectivity index (χ2v) is 4.33. The van der Waals surface area contributed by atoms with E-state index in [2.05, 4.69) is 17.1 Å². The second-order valence-electron chi connectivity index (χ2n) is 4.33. The van der Waals surface area contributed by atoms with Crippen LogP contribution >= 0.6 is 0 Å². The van der Waals surface area contributed by atoms with E-state index in [1.807, 2.05) is 27.9 Å². The van der Waals surface area contributed by atoms with E-state index in [0.717, 1.165) is 0 Å². The fourth-order valence-electron chi connectivity index (χ4n) is 0.851. The number of carbonyl (C=O) groups excluding carboxylic acids is 1. The predicted molar refractivity (Wildman–Crippen MR) is 59.0 cm³/mol. The molecule has 4 nitrogen and oxygen atoms in total. The quantitative estimate of drug-likeness (QED) is 0.660. The van der Waals surface area contributed by atoms with Gasteiger partial charge in [-0.05, 0) is 26.9 Å². The summed E-state index contributed by atoms with van der Waals surface area (Å²) in [6, 6.07) is -0.0670. The van der Waals surface area contributed by atoms with Gasteiger partial charge in [0.2, 0.25) is 5.91 Å². The van der Waals surface area contributed by atoms with Crippen molar-refractivity contribution in [2.75, 3.05) is 20.6 Å². The Labute approximate surface area is 86.8 Å². The molecule has 1 amide bonds. The van der Waals surface area contributed by atoms with E-state index >= 15 is 0 Å². The summed E-state index contributed by atoms with van der Waals surface area (Å²) in [7, 11) is 3.97. The van der Waals surface area contributed by atoms with Gasteiger partial charge in [0.25, 0.3) is 0 Å². The Morgan fingerprint density at radius 2 is 1.86 bits per heavy atom. The molecule has 0 heterocycles.